The zero-order chi connectivity index (χ0) is 15.1. The summed E-state index contributed by atoms with van der Waals surface area (Å²) in [4.78, 5) is 6.33. The molecule has 1 saturated carbocycles. The van der Waals surface area contributed by atoms with E-state index in [9.17, 15) is 0 Å². The number of nitrogens with zero attached hydrogens (tertiary/aromatic N) is 3. The molecule has 0 atom stereocenters. The minimum absolute atomic E-state index is 0. The molecule has 0 aliphatic heterocycles. The van der Waals surface area contributed by atoms with E-state index in [1.165, 1.54) is 12.8 Å². The van der Waals surface area contributed by atoms with Gasteiger partial charge < -0.3 is 19.5 Å². The maximum absolute atomic E-state index is 5.65. The van der Waals surface area contributed by atoms with Gasteiger partial charge in [-0.3, -0.25) is 4.99 Å². The summed E-state index contributed by atoms with van der Waals surface area (Å²) in [7, 11) is 3.79. The largest absolute Gasteiger partial charge is 0.379 e. The fourth-order valence-corrected chi connectivity index (χ4v) is 2.00. The molecule has 0 aromatic carbocycles. The van der Waals surface area contributed by atoms with Gasteiger partial charge in [0.05, 0.1) is 18.8 Å². The standard InChI is InChI=1S/C15H26N4O2.HI/c1-4-13-9-14(21-18-13)10-17-15(16-2)19(3)7-8-20-11-12-5-6-12;/h9,12H,4-8,10-11H2,1-3H3,(H,16,17);1H. The molecule has 1 aromatic heterocycles. The second-order valence-corrected chi connectivity index (χ2v) is 5.48. The molecule has 7 heteroatoms. The summed E-state index contributed by atoms with van der Waals surface area (Å²) in [5, 5.41) is 7.25. The van der Waals surface area contributed by atoms with Gasteiger partial charge >= 0.3 is 0 Å². The molecule has 126 valence electrons. The van der Waals surface area contributed by atoms with Crippen molar-refractivity contribution < 1.29 is 9.26 Å². The van der Waals surface area contributed by atoms with Gasteiger partial charge in [-0.15, -0.1) is 24.0 Å². The van der Waals surface area contributed by atoms with Crippen molar-refractivity contribution in [3.8, 4) is 0 Å². The van der Waals surface area contributed by atoms with Crippen LogP contribution < -0.4 is 5.32 Å². The number of halogens is 1. The summed E-state index contributed by atoms with van der Waals surface area (Å²) in [6.45, 7) is 5.10. The molecule has 1 aliphatic carbocycles. The van der Waals surface area contributed by atoms with Gasteiger partial charge in [0.15, 0.2) is 11.7 Å². The molecular formula is C15H27IN4O2. The summed E-state index contributed by atoms with van der Waals surface area (Å²) in [6.07, 6.45) is 3.54. The molecule has 0 spiro atoms. The number of aryl methyl sites for hydroxylation is 1. The van der Waals surface area contributed by atoms with Crippen molar-refractivity contribution >= 4 is 29.9 Å². The Morgan fingerprint density at radius 1 is 1.55 bits per heavy atom. The lowest BCUT2D eigenvalue weighted by Gasteiger charge is -2.21. The molecule has 2 rings (SSSR count). The summed E-state index contributed by atoms with van der Waals surface area (Å²) in [5.41, 5.74) is 0.976. The van der Waals surface area contributed by atoms with Gasteiger partial charge in [0.1, 0.15) is 0 Å². The lowest BCUT2D eigenvalue weighted by Crippen LogP contribution is -2.40. The van der Waals surface area contributed by atoms with E-state index >= 15 is 0 Å². The molecule has 6 nitrogen and oxygen atoms in total. The first-order valence-corrected chi connectivity index (χ1v) is 7.67. The number of rotatable bonds is 8. The first-order valence-electron chi connectivity index (χ1n) is 7.67. The van der Waals surface area contributed by atoms with Crippen LogP contribution in [0.5, 0.6) is 0 Å². The Balaban J connectivity index is 0.00000242. The number of guanidine groups is 1. The Hall–Kier alpha value is -0.830. The van der Waals surface area contributed by atoms with Crippen molar-refractivity contribution in [1.29, 1.82) is 0 Å². The van der Waals surface area contributed by atoms with Crippen molar-refractivity contribution in [2.75, 3.05) is 33.9 Å². The Morgan fingerprint density at radius 3 is 2.91 bits per heavy atom. The molecule has 0 unspecified atom stereocenters. The summed E-state index contributed by atoms with van der Waals surface area (Å²) < 4.78 is 10.9. The van der Waals surface area contributed by atoms with E-state index in [4.69, 9.17) is 9.26 Å². The van der Waals surface area contributed by atoms with Gasteiger partial charge in [-0.25, -0.2) is 0 Å². The second kappa shape index (κ2) is 10.0. The monoisotopic (exact) mass is 422 g/mol. The highest BCUT2D eigenvalue weighted by molar-refractivity contribution is 14.0. The predicted octanol–water partition coefficient (Wildman–Crippen LogP) is 2.29. The highest BCUT2D eigenvalue weighted by Crippen LogP contribution is 2.28. The van der Waals surface area contributed by atoms with Crippen molar-refractivity contribution in [3.63, 3.8) is 0 Å². The van der Waals surface area contributed by atoms with Crippen LogP contribution >= 0.6 is 24.0 Å². The fourth-order valence-electron chi connectivity index (χ4n) is 2.00. The van der Waals surface area contributed by atoms with Gasteiger partial charge in [0, 0.05) is 33.3 Å². The number of aromatic nitrogens is 1. The zero-order valence-corrected chi connectivity index (χ0v) is 16.0. The SMILES string of the molecule is CCc1cc(CNC(=NC)N(C)CCOCC2CC2)on1.I. The molecular weight excluding hydrogens is 395 g/mol. The Morgan fingerprint density at radius 2 is 2.32 bits per heavy atom. The normalized spacial score (nSPS) is 14.6. The second-order valence-electron chi connectivity index (χ2n) is 5.48. The van der Waals surface area contributed by atoms with Crippen molar-refractivity contribution in [2.24, 2.45) is 10.9 Å². The van der Waals surface area contributed by atoms with Gasteiger partial charge in [0.2, 0.25) is 0 Å². The van der Waals surface area contributed by atoms with Crippen LogP contribution in [0.1, 0.15) is 31.2 Å². The van der Waals surface area contributed by atoms with E-state index in [-0.39, 0.29) is 24.0 Å². The smallest absolute Gasteiger partial charge is 0.193 e. The minimum Gasteiger partial charge on any atom is -0.379 e. The van der Waals surface area contributed by atoms with Crippen molar-refractivity contribution in [3.05, 3.63) is 17.5 Å². The number of ether oxygens (including phenoxy) is 1. The Bertz CT molecular complexity index is 460. The molecule has 1 aliphatic rings. The first kappa shape index (κ1) is 19.2. The third-order valence-corrected chi connectivity index (χ3v) is 3.59. The maximum Gasteiger partial charge on any atom is 0.193 e. The molecule has 1 heterocycles. The fraction of sp³-hybridized carbons (Fsp3) is 0.733. The summed E-state index contributed by atoms with van der Waals surface area (Å²) >= 11 is 0. The van der Waals surface area contributed by atoms with Crippen LogP contribution in [0, 0.1) is 5.92 Å². The lowest BCUT2D eigenvalue weighted by molar-refractivity contribution is 0.115. The lowest BCUT2D eigenvalue weighted by atomic mass is 10.3. The van der Waals surface area contributed by atoms with Crippen LogP contribution in [-0.2, 0) is 17.7 Å². The average molecular weight is 422 g/mol. The topological polar surface area (TPSA) is 62.9 Å². The van der Waals surface area contributed by atoms with Gasteiger partial charge in [-0.05, 0) is 25.2 Å². The van der Waals surface area contributed by atoms with E-state index in [0.717, 1.165) is 49.5 Å². The average Bonchev–Trinajstić information content (AvgIpc) is 3.21. The van der Waals surface area contributed by atoms with Crippen LogP contribution in [0.2, 0.25) is 0 Å². The molecule has 0 bridgehead atoms. The quantitative estimate of drug-likeness (QED) is 0.302. The van der Waals surface area contributed by atoms with Crippen molar-refractivity contribution in [1.82, 2.24) is 15.4 Å². The van der Waals surface area contributed by atoms with E-state index in [0.29, 0.717) is 6.54 Å². The summed E-state index contributed by atoms with van der Waals surface area (Å²) in [6, 6.07) is 1.97. The Kier molecular flexibility index (Phi) is 8.77. The van der Waals surface area contributed by atoms with Crippen LogP contribution in [0.25, 0.3) is 0 Å². The molecule has 22 heavy (non-hydrogen) atoms. The van der Waals surface area contributed by atoms with Gasteiger partial charge in [-0.2, -0.15) is 0 Å². The van der Waals surface area contributed by atoms with Crippen LogP contribution in [0.4, 0.5) is 0 Å². The molecule has 1 aromatic rings. The third kappa shape index (κ3) is 6.51. The van der Waals surface area contributed by atoms with E-state index in [1.807, 2.05) is 13.1 Å². The minimum atomic E-state index is 0. The molecule has 0 saturated heterocycles. The van der Waals surface area contributed by atoms with Crippen LogP contribution in [-0.4, -0.2) is 49.9 Å². The number of nitrogens with one attached hydrogen (secondary N) is 1. The van der Waals surface area contributed by atoms with Crippen molar-refractivity contribution in [2.45, 2.75) is 32.7 Å². The van der Waals surface area contributed by atoms with Crippen LogP contribution in [0.15, 0.2) is 15.6 Å². The van der Waals surface area contributed by atoms with Crippen LogP contribution in [0.3, 0.4) is 0 Å². The molecule has 0 amide bonds. The first-order chi connectivity index (χ1) is 10.2. The highest BCUT2D eigenvalue weighted by atomic mass is 127. The number of likely N-dealkylation sites (N-methyl/N-ethyl adjacent to an activating group) is 1. The third-order valence-electron chi connectivity index (χ3n) is 3.59. The van der Waals surface area contributed by atoms with Gasteiger partial charge in [-0.1, -0.05) is 12.1 Å². The summed E-state index contributed by atoms with van der Waals surface area (Å²) in [5.74, 6) is 2.47. The number of aliphatic imine (C=N–C) groups is 1. The van der Waals surface area contributed by atoms with E-state index < -0.39 is 0 Å². The molecule has 0 radical (unpaired) electrons. The Labute approximate surface area is 149 Å². The maximum atomic E-state index is 5.65. The molecule has 1 N–H and O–H groups in total. The van der Waals surface area contributed by atoms with Gasteiger partial charge in [0.25, 0.3) is 0 Å². The predicted molar refractivity (Wildman–Crippen MR) is 97.7 cm³/mol. The zero-order valence-electron chi connectivity index (χ0n) is 13.7. The molecule has 1 fully saturated rings. The highest BCUT2D eigenvalue weighted by Gasteiger charge is 2.21. The van der Waals surface area contributed by atoms with E-state index in [1.54, 1.807) is 7.05 Å². The van der Waals surface area contributed by atoms with E-state index in [2.05, 4.69) is 27.3 Å². The number of hydrogen-bond acceptors (Lipinski definition) is 4. The number of hydrogen-bond donors (Lipinski definition) is 1.